The fourth-order valence-corrected chi connectivity index (χ4v) is 3.28. The van der Waals surface area contributed by atoms with Crippen LogP contribution in [0.5, 0.6) is 0 Å². The van der Waals surface area contributed by atoms with Crippen LogP contribution in [0.3, 0.4) is 0 Å². The lowest BCUT2D eigenvalue weighted by molar-refractivity contribution is 0.287. The fraction of sp³-hybridized carbons (Fsp3) is 0.273. The Morgan fingerprint density at radius 3 is 2.33 bits per heavy atom. The van der Waals surface area contributed by atoms with Gasteiger partial charge < -0.3 is 10.4 Å². The first-order chi connectivity index (χ1) is 13.1. The van der Waals surface area contributed by atoms with Gasteiger partial charge in [0.2, 0.25) is 5.95 Å². The number of hydrogen-bond donors (Lipinski definition) is 2. The maximum absolute atomic E-state index is 9.11. The van der Waals surface area contributed by atoms with Gasteiger partial charge in [0.05, 0.1) is 0 Å². The first kappa shape index (κ1) is 17.5. The summed E-state index contributed by atoms with van der Waals surface area (Å²) in [6.07, 6.45) is 3.53. The second-order valence-electron chi connectivity index (χ2n) is 7.05. The van der Waals surface area contributed by atoms with E-state index in [-0.39, 0.29) is 12.6 Å². The van der Waals surface area contributed by atoms with Crippen LogP contribution in [0.4, 0.5) is 5.95 Å². The van der Waals surface area contributed by atoms with Crippen LogP contribution in [-0.4, -0.2) is 26.5 Å². The Kier molecular flexibility index (Phi) is 4.77. The maximum Gasteiger partial charge on any atom is 0.226 e. The molecule has 1 unspecified atom stereocenters. The predicted molar refractivity (Wildman–Crippen MR) is 108 cm³/mol. The molecule has 5 heteroatoms. The molecule has 0 fully saturated rings. The van der Waals surface area contributed by atoms with Crippen LogP contribution in [0, 0.1) is 13.8 Å². The fourth-order valence-electron chi connectivity index (χ4n) is 3.28. The van der Waals surface area contributed by atoms with Gasteiger partial charge >= 0.3 is 0 Å². The largest absolute Gasteiger partial charge is 0.396 e. The van der Waals surface area contributed by atoms with Crippen molar-refractivity contribution in [2.24, 2.45) is 0 Å². The Morgan fingerprint density at radius 2 is 1.67 bits per heavy atom. The van der Waals surface area contributed by atoms with Crippen LogP contribution in [0.1, 0.15) is 40.5 Å². The summed E-state index contributed by atoms with van der Waals surface area (Å²) in [5.41, 5.74) is 5.81. The average molecular weight is 360 g/mol. The van der Waals surface area contributed by atoms with Crippen molar-refractivity contribution in [2.45, 2.75) is 32.7 Å². The molecule has 0 bridgehead atoms. The highest BCUT2D eigenvalue weighted by Gasteiger charge is 2.25. The lowest BCUT2D eigenvalue weighted by Crippen LogP contribution is -2.20. The molecule has 1 atom stereocenters. The Hall–Kier alpha value is -2.92. The number of fused-ring (bicyclic) bond motifs is 1. The molecule has 0 radical (unpaired) electrons. The zero-order valence-corrected chi connectivity index (χ0v) is 15.7. The SMILES string of the molecule is Cc1ccc(C2=CC(c3ccc(C)cc3)n3nc(CCCO)nc3N2)cc1. The number of anilines is 1. The van der Waals surface area contributed by atoms with Crippen LogP contribution in [0.15, 0.2) is 54.6 Å². The van der Waals surface area contributed by atoms with Gasteiger partial charge in [-0.05, 0) is 37.5 Å². The molecule has 2 N–H and O–H groups in total. The first-order valence-corrected chi connectivity index (χ1v) is 9.33. The molecule has 138 valence electrons. The van der Waals surface area contributed by atoms with Gasteiger partial charge in [0, 0.05) is 18.7 Å². The third-order valence-corrected chi connectivity index (χ3v) is 4.85. The number of benzene rings is 2. The summed E-state index contributed by atoms with van der Waals surface area (Å²) in [6, 6.07) is 17.0. The smallest absolute Gasteiger partial charge is 0.226 e. The number of allylic oxidation sites excluding steroid dienone is 1. The molecule has 5 nitrogen and oxygen atoms in total. The predicted octanol–water partition coefficient (Wildman–Crippen LogP) is 3.88. The number of aryl methyl sites for hydroxylation is 3. The lowest BCUT2D eigenvalue weighted by atomic mass is 10.0. The topological polar surface area (TPSA) is 63.0 Å². The minimum absolute atomic E-state index is 0.0199. The number of nitrogens with one attached hydrogen (secondary N) is 1. The van der Waals surface area contributed by atoms with E-state index in [1.54, 1.807) is 0 Å². The summed E-state index contributed by atoms with van der Waals surface area (Å²) in [7, 11) is 0. The van der Waals surface area contributed by atoms with Crippen molar-refractivity contribution in [2.75, 3.05) is 11.9 Å². The average Bonchev–Trinajstić information content (AvgIpc) is 3.10. The third kappa shape index (κ3) is 3.64. The molecule has 2 heterocycles. The summed E-state index contributed by atoms with van der Waals surface area (Å²) >= 11 is 0. The molecular formula is C22H24N4O. The van der Waals surface area contributed by atoms with E-state index >= 15 is 0 Å². The van der Waals surface area contributed by atoms with E-state index in [2.05, 4.69) is 78.8 Å². The van der Waals surface area contributed by atoms with Crippen molar-refractivity contribution in [3.05, 3.63) is 82.7 Å². The van der Waals surface area contributed by atoms with Gasteiger partial charge in [-0.25, -0.2) is 4.68 Å². The molecule has 0 aliphatic carbocycles. The van der Waals surface area contributed by atoms with Gasteiger partial charge in [0.1, 0.15) is 6.04 Å². The van der Waals surface area contributed by atoms with Gasteiger partial charge in [0.25, 0.3) is 0 Å². The van der Waals surface area contributed by atoms with Gasteiger partial charge in [-0.3, -0.25) is 0 Å². The number of nitrogens with zero attached hydrogens (tertiary/aromatic N) is 3. The molecule has 0 saturated heterocycles. The van der Waals surface area contributed by atoms with Crippen molar-refractivity contribution in [1.82, 2.24) is 14.8 Å². The number of aromatic nitrogens is 3. The van der Waals surface area contributed by atoms with Gasteiger partial charge in [-0.1, -0.05) is 59.7 Å². The highest BCUT2D eigenvalue weighted by molar-refractivity contribution is 5.77. The van der Waals surface area contributed by atoms with Crippen LogP contribution < -0.4 is 5.32 Å². The third-order valence-electron chi connectivity index (χ3n) is 4.85. The number of rotatable bonds is 5. The van der Waals surface area contributed by atoms with Gasteiger partial charge in [-0.15, -0.1) is 0 Å². The molecule has 1 aliphatic heterocycles. The quantitative estimate of drug-likeness (QED) is 0.725. The summed E-state index contributed by atoms with van der Waals surface area (Å²) in [4.78, 5) is 4.66. The normalized spacial score (nSPS) is 15.8. The molecule has 2 aromatic carbocycles. The zero-order chi connectivity index (χ0) is 18.8. The van der Waals surface area contributed by atoms with E-state index < -0.39 is 0 Å². The van der Waals surface area contributed by atoms with Crippen molar-refractivity contribution in [3.63, 3.8) is 0 Å². The minimum Gasteiger partial charge on any atom is -0.396 e. The molecule has 4 rings (SSSR count). The second kappa shape index (κ2) is 7.37. The first-order valence-electron chi connectivity index (χ1n) is 9.33. The van der Waals surface area contributed by atoms with E-state index in [1.165, 1.54) is 16.7 Å². The van der Waals surface area contributed by atoms with E-state index in [4.69, 9.17) is 10.2 Å². The van der Waals surface area contributed by atoms with Crippen LogP contribution in [0.25, 0.3) is 5.70 Å². The standard InChI is InChI=1S/C22H24N4O/c1-15-5-9-17(10-6-15)19-14-20(18-11-7-16(2)8-12-18)26-22(23-19)24-21(25-26)4-3-13-27/h5-12,14,20,27H,3-4,13H2,1-2H3,(H,23,24,25). The van der Waals surface area contributed by atoms with E-state index in [0.29, 0.717) is 12.8 Å². The molecule has 1 aliphatic rings. The summed E-state index contributed by atoms with van der Waals surface area (Å²) in [5.74, 6) is 1.49. The van der Waals surface area contributed by atoms with Crippen LogP contribution in [0.2, 0.25) is 0 Å². The Labute approximate surface area is 159 Å². The van der Waals surface area contributed by atoms with Crippen molar-refractivity contribution >= 4 is 11.6 Å². The van der Waals surface area contributed by atoms with Gasteiger partial charge in [0.15, 0.2) is 5.82 Å². The molecule has 0 amide bonds. The molecule has 0 spiro atoms. The number of hydrogen-bond acceptors (Lipinski definition) is 4. The summed E-state index contributed by atoms with van der Waals surface area (Å²) in [6.45, 7) is 4.32. The Balaban J connectivity index is 1.76. The maximum atomic E-state index is 9.11. The zero-order valence-electron chi connectivity index (χ0n) is 15.7. The highest BCUT2D eigenvalue weighted by atomic mass is 16.2. The molecule has 1 aromatic heterocycles. The van der Waals surface area contributed by atoms with Crippen molar-refractivity contribution in [3.8, 4) is 0 Å². The minimum atomic E-state index is -0.0199. The van der Waals surface area contributed by atoms with Gasteiger partial charge in [-0.2, -0.15) is 10.1 Å². The second-order valence-corrected chi connectivity index (χ2v) is 7.05. The Morgan fingerprint density at radius 1 is 1.00 bits per heavy atom. The summed E-state index contributed by atoms with van der Waals surface area (Å²) in [5, 5.41) is 17.2. The molecule has 0 saturated carbocycles. The van der Waals surface area contributed by atoms with Crippen molar-refractivity contribution in [1.29, 1.82) is 0 Å². The van der Waals surface area contributed by atoms with Crippen molar-refractivity contribution < 1.29 is 5.11 Å². The van der Waals surface area contributed by atoms with Crippen LogP contribution in [-0.2, 0) is 6.42 Å². The highest BCUT2D eigenvalue weighted by Crippen LogP contribution is 2.32. The molecule has 3 aromatic rings. The van der Waals surface area contributed by atoms with E-state index in [1.807, 2.05) is 4.68 Å². The monoisotopic (exact) mass is 360 g/mol. The summed E-state index contributed by atoms with van der Waals surface area (Å²) < 4.78 is 1.94. The van der Waals surface area contributed by atoms with E-state index in [0.717, 1.165) is 23.0 Å². The molecule has 27 heavy (non-hydrogen) atoms. The van der Waals surface area contributed by atoms with Crippen LogP contribution >= 0.6 is 0 Å². The number of aliphatic hydroxyl groups is 1. The Bertz CT molecular complexity index is 955. The number of aliphatic hydroxyl groups excluding tert-OH is 1. The van der Waals surface area contributed by atoms with E-state index in [9.17, 15) is 0 Å². The lowest BCUT2D eigenvalue weighted by Gasteiger charge is -2.24. The molecular weight excluding hydrogens is 336 g/mol.